The van der Waals surface area contributed by atoms with Gasteiger partial charge in [-0.3, -0.25) is 9.78 Å². The fourth-order valence-corrected chi connectivity index (χ4v) is 2.98. The Morgan fingerprint density at radius 3 is 3.00 bits per heavy atom. The molecule has 1 aromatic carbocycles. The Morgan fingerprint density at radius 2 is 2.05 bits per heavy atom. The van der Waals surface area contributed by atoms with E-state index in [1.807, 2.05) is 24.4 Å². The zero-order valence-corrected chi connectivity index (χ0v) is 11.0. The molecule has 0 saturated heterocycles. The Morgan fingerprint density at radius 1 is 1.10 bits per heavy atom. The number of Topliss-reactive ketones (excluding diaryl/α,β-unsaturated/α-hetero) is 1. The highest BCUT2D eigenvalue weighted by Gasteiger charge is 2.20. The highest BCUT2D eigenvalue weighted by Crippen LogP contribution is 2.26. The van der Waals surface area contributed by atoms with E-state index in [1.165, 1.54) is 0 Å². The molecule has 20 heavy (non-hydrogen) atoms. The first-order valence-corrected chi connectivity index (χ1v) is 6.91. The Hall–Kier alpha value is -2.42. The number of rotatable bonds is 1. The molecule has 2 aromatic heterocycles. The standard InChI is InChI=1S/C17H14N2O/c20-17-5-1-4-16-14(17)8-10-19(16)13-6-7-15-12(11-13)3-2-9-18-15/h2-3,6-11H,1,4-5H2. The van der Waals surface area contributed by atoms with Crippen LogP contribution in [0.3, 0.4) is 0 Å². The van der Waals surface area contributed by atoms with Crippen molar-refractivity contribution in [3.63, 3.8) is 0 Å². The summed E-state index contributed by atoms with van der Waals surface area (Å²) in [6.07, 6.45) is 6.41. The van der Waals surface area contributed by atoms with E-state index in [-0.39, 0.29) is 5.78 Å². The first-order valence-electron chi connectivity index (χ1n) is 6.91. The number of nitrogens with zero attached hydrogens (tertiary/aromatic N) is 2. The summed E-state index contributed by atoms with van der Waals surface area (Å²) < 4.78 is 2.14. The number of hydrogen-bond acceptors (Lipinski definition) is 2. The summed E-state index contributed by atoms with van der Waals surface area (Å²) in [6, 6.07) is 12.2. The first kappa shape index (κ1) is 11.4. The van der Waals surface area contributed by atoms with Crippen LogP contribution in [0, 0.1) is 0 Å². The van der Waals surface area contributed by atoms with Crippen molar-refractivity contribution in [2.45, 2.75) is 19.3 Å². The van der Waals surface area contributed by atoms with Gasteiger partial charge >= 0.3 is 0 Å². The van der Waals surface area contributed by atoms with Crippen molar-refractivity contribution in [2.24, 2.45) is 0 Å². The van der Waals surface area contributed by atoms with Crippen LogP contribution < -0.4 is 0 Å². The van der Waals surface area contributed by atoms with Crippen LogP contribution in [0.1, 0.15) is 28.9 Å². The minimum Gasteiger partial charge on any atom is -0.320 e. The third kappa shape index (κ3) is 1.67. The maximum Gasteiger partial charge on any atom is 0.164 e. The lowest BCUT2D eigenvalue weighted by atomic mass is 9.96. The molecule has 0 atom stereocenters. The summed E-state index contributed by atoms with van der Waals surface area (Å²) in [5, 5.41) is 1.12. The van der Waals surface area contributed by atoms with Crippen LogP contribution in [0.15, 0.2) is 48.8 Å². The van der Waals surface area contributed by atoms with Gasteiger partial charge in [-0.15, -0.1) is 0 Å². The Bertz CT molecular complexity index is 817. The zero-order chi connectivity index (χ0) is 13.5. The molecule has 3 heteroatoms. The molecule has 0 aliphatic heterocycles. The van der Waals surface area contributed by atoms with Gasteiger partial charge in [-0.2, -0.15) is 0 Å². The number of benzene rings is 1. The van der Waals surface area contributed by atoms with E-state index >= 15 is 0 Å². The van der Waals surface area contributed by atoms with Crippen molar-refractivity contribution in [3.8, 4) is 5.69 Å². The van der Waals surface area contributed by atoms with Crippen LogP contribution in [-0.4, -0.2) is 15.3 Å². The second-order valence-corrected chi connectivity index (χ2v) is 5.20. The van der Waals surface area contributed by atoms with Gasteiger partial charge in [0.25, 0.3) is 0 Å². The topological polar surface area (TPSA) is 34.9 Å². The molecule has 2 heterocycles. The molecule has 4 rings (SSSR count). The van der Waals surface area contributed by atoms with Crippen molar-refractivity contribution in [3.05, 3.63) is 60.0 Å². The van der Waals surface area contributed by atoms with E-state index in [9.17, 15) is 4.79 Å². The van der Waals surface area contributed by atoms with Gasteiger partial charge in [0, 0.05) is 41.1 Å². The first-order chi connectivity index (χ1) is 9.83. The third-order valence-corrected chi connectivity index (χ3v) is 3.97. The third-order valence-electron chi connectivity index (χ3n) is 3.97. The van der Waals surface area contributed by atoms with Crippen molar-refractivity contribution < 1.29 is 4.79 Å². The Labute approximate surface area is 116 Å². The lowest BCUT2D eigenvalue weighted by Crippen LogP contribution is -2.12. The van der Waals surface area contributed by atoms with E-state index in [0.717, 1.165) is 40.7 Å². The monoisotopic (exact) mass is 262 g/mol. The summed E-state index contributed by atoms with van der Waals surface area (Å²) in [7, 11) is 0. The number of hydrogen-bond donors (Lipinski definition) is 0. The van der Waals surface area contributed by atoms with Crippen LogP contribution in [0.4, 0.5) is 0 Å². The van der Waals surface area contributed by atoms with Gasteiger partial charge in [-0.25, -0.2) is 0 Å². The normalized spacial score (nSPS) is 14.5. The molecular formula is C17H14N2O. The number of carbonyl (C=O) groups is 1. The highest BCUT2D eigenvalue weighted by atomic mass is 16.1. The van der Waals surface area contributed by atoms with Crippen LogP contribution in [0.2, 0.25) is 0 Å². The molecule has 1 aliphatic rings. The molecule has 0 radical (unpaired) electrons. The molecule has 3 aromatic rings. The summed E-state index contributed by atoms with van der Waals surface area (Å²) in [5.74, 6) is 0.271. The second kappa shape index (κ2) is 4.30. The largest absolute Gasteiger partial charge is 0.320 e. The molecule has 1 aliphatic carbocycles. The van der Waals surface area contributed by atoms with E-state index < -0.39 is 0 Å². The SMILES string of the molecule is O=C1CCCc2c1ccn2-c1ccc2ncccc2c1. The molecule has 0 saturated carbocycles. The lowest BCUT2D eigenvalue weighted by Gasteiger charge is -2.15. The Kier molecular flexibility index (Phi) is 2.46. The predicted molar refractivity (Wildman–Crippen MR) is 78.3 cm³/mol. The van der Waals surface area contributed by atoms with Gasteiger partial charge in [0.05, 0.1) is 5.52 Å². The number of ketones is 1. The predicted octanol–water partition coefficient (Wildman–Crippen LogP) is 3.54. The fourth-order valence-electron chi connectivity index (χ4n) is 2.98. The van der Waals surface area contributed by atoms with E-state index in [1.54, 1.807) is 6.20 Å². The second-order valence-electron chi connectivity index (χ2n) is 5.20. The van der Waals surface area contributed by atoms with Crippen LogP contribution >= 0.6 is 0 Å². The molecule has 0 fully saturated rings. The summed E-state index contributed by atoms with van der Waals surface area (Å²) in [5.41, 5.74) is 4.13. The lowest BCUT2D eigenvalue weighted by molar-refractivity contribution is 0.0972. The molecule has 3 nitrogen and oxygen atoms in total. The fraction of sp³-hybridized carbons (Fsp3) is 0.176. The van der Waals surface area contributed by atoms with E-state index in [0.29, 0.717) is 6.42 Å². The maximum atomic E-state index is 11.9. The van der Waals surface area contributed by atoms with Gasteiger partial charge in [0.15, 0.2) is 5.78 Å². The van der Waals surface area contributed by atoms with Gasteiger partial charge < -0.3 is 4.57 Å². The van der Waals surface area contributed by atoms with Crippen molar-refractivity contribution >= 4 is 16.7 Å². The number of pyridine rings is 1. The quantitative estimate of drug-likeness (QED) is 0.672. The number of aromatic nitrogens is 2. The Balaban J connectivity index is 1.89. The highest BCUT2D eigenvalue weighted by molar-refractivity contribution is 5.98. The van der Waals surface area contributed by atoms with Gasteiger partial charge in [0.2, 0.25) is 0 Å². The molecule has 0 amide bonds. The summed E-state index contributed by atoms with van der Waals surface area (Å²) in [4.78, 5) is 16.3. The zero-order valence-electron chi connectivity index (χ0n) is 11.0. The van der Waals surface area contributed by atoms with Gasteiger partial charge in [-0.05, 0) is 43.2 Å². The molecule has 0 unspecified atom stereocenters. The van der Waals surface area contributed by atoms with E-state index in [2.05, 4.69) is 27.8 Å². The maximum absolute atomic E-state index is 11.9. The molecule has 0 N–H and O–H groups in total. The van der Waals surface area contributed by atoms with Crippen LogP contribution in [0.5, 0.6) is 0 Å². The average Bonchev–Trinajstić information content (AvgIpc) is 2.92. The van der Waals surface area contributed by atoms with Crippen LogP contribution in [0.25, 0.3) is 16.6 Å². The van der Waals surface area contributed by atoms with E-state index in [4.69, 9.17) is 0 Å². The molecule has 0 bridgehead atoms. The molecule has 98 valence electrons. The molecular weight excluding hydrogens is 248 g/mol. The number of fused-ring (bicyclic) bond motifs is 2. The summed E-state index contributed by atoms with van der Waals surface area (Å²) >= 11 is 0. The van der Waals surface area contributed by atoms with Crippen molar-refractivity contribution in [1.82, 2.24) is 9.55 Å². The average molecular weight is 262 g/mol. The van der Waals surface area contributed by atoms with Crippen molar-refractivity contribution in [2.75, 3.05) is 0 Å². The number of carbonyl (C=O) groups excluding carboxylic acids is 1. The smallest absolute Gasteiger partial charge is 0.164 e. The van der Waals surface area contributed by atoms with Gasteiger partial charge in [0.1, 0.15) is 0 Å². The van der Waals surface area contributed by atoms with Gasteiger partial charge in [-0.1, -0.05) is 6.07 Å². The van der Waals surface area contributed by atoms with Crippen LogP contribution in [-0.2, 0) is 6.42 Å². The minimum absolute atomic E-state index is 0.271. The van der Waals surface area contributed by atoms with Crippen molar-refractivity contribution in [1.29, 1.82) is 0 Å². The summed E-state index contributed by atoms with van der Waals surface area (Å²) in [6.45, 7) is 0. The molecule has 0 spiro atoms. The minimum atomic E-state index is 0.271.